The van der Waals surface area contributed by atoms with Gasteiger partial charge < -0.3 is 0 Å². The Kier molecular flexibility index (Phi) is 4.67. The van der Waals surface area contributed by atoms with Crippen LogP contribution in [0.25, 0.3) is 0 Å². The van der Waals surface area contributed by atoms with Gasteiger partial charge in [0.25, 0.3) is 10.0 Å². The Morgan fingerprint density at radius 3 is 2.62 bits per heavy atom. The maximum Gasteiger partial charge on any atom is 0.281 e. The van der Waals surface area contributed by atoms with E-state index in [2.05, 4.69) is 44.8 Å². The molecule has 0 fully saturated rings. The number of benzene rings is 1. The summed E-state index contributed by atoms with van der Waals surface area (Å²) in [4.78, 5) is 0. The fourth-order valence-electron chi connectivity index (χ4n) is 2.04. The number of anilines is 1. The first-order valence-corrected chi connectivity index (χ1v) is 8.81. The van der Waals surface area contributed by atoms with Crippen LogP contribution >= 0.6 is 15.9 Å². The summed E-state index contributed by atoms with van der Waals surface area (Å²) in [7, 11) is -2.22. The van der Waals surface area contributed by atoms with Crippen LogP contribution in [0, 0.1) is 0 Å². The van der Waals surface area contributed by atoms with Gasteiger partial charge in [0.2, 0.25) is 5.03 Å². The van der Waals surface area contributed by atoms with Crippen LogP contribution in [0.5, 0.6) is 0 Å². The molecule has 0 radical (unpaired) electrons. The Bertz CT molecular complexity index is 723. The lowest BCUT2D eigenvalue weighted by Crippen LogP contribution is -2.18. The summed E-state index contributed by atoms with van der Waals surface area (Å²) in [6.07, 6.45) is 0.926. The highest BCUT2D eigenvalue weighted by Gasteiger charge is 2.25. The number of nitrogens with zero attached hydrogens (tertiary/aromatic N) is 3. The van der Waals surface area contributed by atoms with Gasteiger partial charge >= 0.3 is 0 Å². The number of nitrogens with one attached hydrogen (secondary N) is 1. The van der Waals surface area contributed by atoms with Crippen molar-refractivity contribution >= 4 is 31.6 Å². The van der Waals surface area contributed by atoms with Crippen LogP contribution in [0.2, 0.25) is 0 Å². The second-order valence-electron chi connectivity index (χ2n) is 4.81. The summed E-state index contributed by atoms with van der Waals surface area (Å²) >= 11 is 3.11. The molecule has 0 aliphatic carbocycles. The molecule has 1 aromatic carbocycles. The predicted octanol–water partition coefficient (Wildman–Crippen LogP) is 2.89. The Labute approximate surface area is 132 Å². The molecule has 0 aliphatic rings. The van der Waals surface area contributed by atoms with E-state index >= 15 is 0 Å². The lowest BCUT2D eigenvalue weighted by Gasteiger charge is -2.16. The van der Waals surface area contributed by atoms with E-state index in [1.165, 1.54) is 11.7 Å². The van der Waals surface area contributed by atoms with Crippen LogP contribution in [-0.2, 0) is 17.1 Å². The molecule has 0 saturated carbocycles. The normalized spacial score (nSPS) is 13.1. The number of sulfonamides is 1. The zero-order valence-corrected chi connectivity index (χ0v) is 14.4. The van der Waals surface area contributed by atoms with Gasteiger partial charge in [-0.2, -0.15) is 8.42 Å². The van der Waals surface area contributed by atoms with Gasteiger partial charge in [-0.1, -0.05) is 37.3 Å². The molecular weight excluding hydrogens is 356 g/mol. The van der Waals surface area contributed by atoms with Crippen molar-refractivity contribution in [3.63, 3.8) is 0 Å². The fraction of sp³-hybridized carbons (Fsp3) is 0.385. The Balaban J connectivity index is 2.43. The molecular formula is C13H17BrN4O2S. The van der Waals surface area contributed by atoms with Crippen LogP contribution in [-0.4, -0.2) is 23.4 Å². The van der Waals surface area contributed by atoms with Crippen molar-refractivity contribution in [1.29, 1.82) is 0 Å². The average molecular weight is 373 g/mol. The quantitative estimate of drug-likeness (QED) is 0.874. The van der Waals surface area contributed by atoms with Crippen molar-refractivity contribution in [2.45, 2.75) is 31.2 Å². The summed E-state index contributed by atoms with van der Waals surface area (Å²) in [5, 5.41) is 7.41. The summed E-state index contributed by atoms with van der Waals surface area (Å²) in [6.45, 7) is 4.13. The summed E-state index contributed by atoms with van der Waals surface area (Å²) in [5.41, 5.74) is 1.55. The van der Waals surface area contributed by atoms with E-state index in [4.69, 9.17) is 0 Å². The Hall–Kier alpha value is -1.41. The molecule has 114 valence electrons. The van der Waals surface area contributed by atoms with Crippen LogP contribution in [0.1, 0.15) is 31.7 Å². The first-order valence-electron chi connectivity index (χ1n) is 6.53. The summed E-state index contributed by atoms with van der Waals surface area (Å²) in [6, 6.07) is 7.40. The number of hydrogen-bond donors (Lipinski definition) is 1. The summed E-state index contributed by atoms with van der Waals surface area (Å²) < 4.78 is 29.1. The minimum Gasteiger partial charge on any atom is -0.278 e. The van der Waals surface area contributed by atoms with Crippen molar-refractivity contribution in [1.82, 2.24) is 15.0 Å². The maximum atomic E-state index is 12.5. The molecule has 0 bridgehead atoms. The fourth-order valence-corrected chi connectivity index (χ4v) is 4.23. The highest BCUT2D eigenvalue weighted by atomic mass is 79.9. The van der Waals surface area contributed by atoms with Gasteiger partial charge in [-0.15, -0.1) is 5.10 Å². The number of hydrogen-bond acceptors (Lipinski definition) is 4. The highest BCUT2D eigenvalue weighted by Crippen LogP contribution is 2.29. The Morgan fingerprint density at radius 1 is 1.38 bits per heavy atom. The standard InChI is InChI=1S/C13H17BrN4O2S/c1-4-9(2)10-7-5-6-8-11(10)16-21(19,20)13-12(14)15-17-18(13)3/h5-9,16H,4H2,1-3H3. The first kappa shape index (κ1) is 16.0. The third kappa shape index (κ3) is 3.26. The van der Waals surface area contributed by atoms with Gasteiger partial charge in [0.05, 0.1) is 5.69 Å². The average Bonchev–Trinajstić information content (AvgIpc) is 2.78. The predicted molar refractivity (Wildman–Crippen MR) is 84.7 cm³/mol. The smallest absolute Gasteiger partial charge is 0.278 e. The van der Waals surface area contributed by atoms with Crippen LogP contribution in [0.15, 0.2) is 33.9 Å². The van der Waals surface area contributed by atoms with Gasteiger partial charge in [0, 0.05) is 7.05 Å². The van der Waals surface area contributed by atoms with E-state index in [1.807, 2.05) is 12.1 Å². The molecule has 1 atom stereocenters. The van der Waals surface area contributed by atoms with E-state index in [-0.39, 0.29) is 15.5 Å². The molecule has 0 amide bonds. The van der Waals surface area contributed by atoms with Crippen molar-refractivity contribution in [3.05, 3.63) is 34.4 Å². The van der Waals surface area contributed by atoms with Gasteiger partial charge in [0.1, 0.15) is 0 Å². The van der Waals surface area contributed by atoms with Crippen LogP contribution in [0.4, 0.5) is 5.69 Å². The molecule has 0 saturated heterocycles. The Morgan fingerprint density at radius 2 is 2.05 bits per heavy atom. The number of aryl methyl sites for hydroxylation is 1. The van der Waals surface area contributed by atoms with Crippen molar-refractivity contribution in [3.8, 4) is 0 Å². The molecule has 0 spiro atoms. The van der Waals surface area contributed by atoms with Crippen LogP contribution < -0.4 is 4.72 Å². The third-order valence-corrected chi connectivity index (χ3v) is 5.59. The monoisotopic (exact) mass is 372 g/mol. The minimum absolute atomic E-state index is 0.00135. The molecule has 1 aromatic heterocycles. The lowest BCUT2D eigenvalue weighted by molar-refractivity contribution is 0.578. The van der Waals surface area contributed by atoms with E-state index < -0.39 is 10.0 Å². The minimum atomic E-state index is -3.75. The van der Waals surface area contributed by atoms with Gasteiger partial charge in [-0.25, -0.2) is 4.68 Å². The lowest BCUT2D eigenvalue weighted by atomic mass is 9.97. The third-order valence-electron chi connectivity index (χ3n) is 3.34. The number of rotatable bonds is 5. The molecule has 8 heteroatoms. The zero-order chi connectivity index (χ0) is 15.6. The first-order chi connectivity index (χ1) is 9.86. The molecule has 6 nitrogen and oxygen atoms in total. The van der Waals surface area contributed by atoms with Crippen molar-refractivity contribution in [2.24, 2.45) is 7.05 Å². The van der Waals surface area contributed by atoms with E-state index in [1.54, 1.807) is 12.1 Å². The molecule has 21 heavy (non-hydrogen) atoms. The SMILES string of the molecule is CCC(C)c1ccccc1NS(=O)(=O)c1c(Br)nnn1C. The largest absolute Gasteiger partial charge is 0.281 e. The highest BCUT2D eigenvalue weighted by molar-refractivity contribution is 9.10. The second kappa shape index (κ2) is 6.15. The topological polar surface area (TPSA) is 76.9 Å². The molecule has 1 N–H and O–H groups in total. The van der Waals surface area contributed by atoms with Gasteiger partial charge in [0.15, 0.2) is 4.60 Å². The van der Waals surface area contributed by atoms with E-state index in [0.717, 1.165) is 12.0 Å². The molecule has 1 heterocycles. The summed E-state index contributed by atoms with van der Waals surface area (Å²) in [5.74, 6) is 0.261. The van der Waals surface area contributed by atoms with Gasteiger partial charge in [-0.3, -0.25) is 4.72 Å². The van der Waals surface area contributed by atoms with E-state index in [9.17, 15) is 8.42 Å². The van der Waals surface area contributed by atoms with E-state index in [0.29, 0.717) is 5.69 Å². The zero-order valence-electron chi connectivity index (χ0n) is 12.0. The molecule has 2 aromatic rings. The number of halogens is 1. The van der Waals surface area contributed by atoms with Crippen LogP contribution in [0.3, 0.4) is 0 Å². The van der Waals surface area contributed by atoms with Crippen molar-refractivity contribution in [2.75, 3.05) is 4.72 Å². The second-order valence-corrected chi connectivity index (χ2v) is 7.16. The molecule has 1 unspecified atom stereocenters. The molecule has 0 aliphatic heterocycles. The van der Waals surface area contributed by atoms with Gasteiger partial charge in [-0.05, 0) is 39.9 Å². The maximum absolute atomic E-state index is 12.5. The molecule has 2 rings (SSSR count). The number of aromatic nitrogens is 3. The number of para-hydroxylation sites is 1. The van der Waals surface area contributed by atoms with Crippen molar-refractivity contribution < 1.29 is 8.42 Å².